The van der Waals surface area contributed by atoms with E-state index in [-0.39, 0.29) is 5.91 Å². The summed E-state index contributed by atoms with van der Waals surface area (Å²) < 4.78 is 0. The second kappa shape index (κ2) is 7.41. The van der Waals surface area contributed by atoms with Gasteiger partial charge in [-0.2, -0.15) is 0 Å². The maximum absolute atomic E-state index is 12.0. The zero-order valence-electron chi connectivity index (χ0n) is 14.2. The van der Waals surface area contributed by atoms with E-state index in [0.29, 0.717) is 5.02 Å². The van der Waals surface area contributed by atoms with Crippen LogP contribution >= 0.6 is 11.6 Å². The zero-order valence-corrected chi connectivity index (χ0v) is 14.9. The van der Waals surface area contributed by atoms with Crippen LogP contribution in [0.4, 0.5) is 11.4 Å². The number of hydrogen-bond donors (Lipinski definition) is 1. The van der Waals surface area contributed by atoms with Gasteiger partial charge in [-0.05, 0) is 42.3 Å². The molecule has 25 heavy (non-hydrogen) atoms. The van der Waals surface area contributed by atoms with Gasteiger partial charge in [0.25, 0.3) is 0 Å². The van der Waals surface area contributed by atoms with Crippen LogP contribution in [0.15, 0.2) is 72.8 Å². The van der Waals surface area contributed by atoms with E-state index in [2.05, 4.69) is 24.5 Å². The summed E-state index contributed by atoms with van der Waals surface area (Å²) >= 11 is 6.50. The van der Waals surface area contributed by atoms with Crippen molar-refractivity contribution in [2.75, 3.05) is 10.4 Å². The predicted octanol–water partition coefficient (Wildman–Crippen LogP) is 5.70. The van der Waals surface area contributed by atoms with Crippen LogP contribution < -0.4 is 10.4 Å². The van der Waals surface area contributed by atoms with Crippen LogP contribution in [0.1, 0.15) is 12.5 Å². The van der Waals surface area contributed by atoms with E-state index < -0.39 is 0 Å². The molecule has 0 fully saturated rings. The fourth-order valence-corrected chi connectivity index (χ4v) is 2.99. The van der Waals surface area contributed by atoms with E-state index in [1.807, 2.05) is 60.7 Å². The van der Waals surface area contributed by atoms with Crippen LogP contribution in [0.25, 0.3) is 11.1 Å². The monoisotopic (exact) mass is 350 g/mol. The van der Waals surface area contributed by atoms with Gasteiger partial charge in [-0.3, -0.25) is 10.2 Å². The Labute approximate surface area is 152 Å². The molecule has 1 N–H and O–H groups in total. The Hall–Kier alpha value is -2.78. The second-order valence-electron chi connectivity index (χ2n) is 5.81. The lowest BCUT2D eigenvalue weighted by molar-refractivity contribution is -0.116. The van der Waals surface area contributed by atoms with Gasteiger partial charge in [0.1, 0.15) is 0 Å². The molecule has 3 rings (SSSR count). The van der Waals surface area contributed by atoms with Gasteiger partial charge in [0, 0.05) is 12.5 Å². The van der Waals surface area contributed by atoms with Crippen LogP contribution in [0, 0.1) is 6.92 Å². The SMILES string of the molecule is CC(=O)N(Nc1ccc(-c2ccccc2C)c(Cl)c1)c1ccccc1. The van der Waals surface area contributed by atoms with Crippen molar-refractivity contribution in [3.8, 4) is 11.1 Å². The Morgan fingerprint density at radius 2 is 1.60 bits per heavy atom. The van der Waals surface area contributed by atoms with E-state index in [1.165, 1.54) is 17.5 Å². The van der Waals surface area contributed by atoms with Gasteiger partial charge in [0.2, 0.25) is 5.91 Å². The number of carbonyl (C=O) groups is 1. The molecular formula is C21H19ClN2O. The number of halogens is 1. The average Bonchev–Trinajstić information content (AvgIpc) is 2.61. The average molecular weight is 351 g/mol. The van der Waals surface area contributed by atoms with E-state index in [0.717, 1.165) is 22.5 Å². The summed E-state index contributed by atoms with van der Waals surface area (Å²) in [6, 6.07) is 23.3. The van der Waals surface area contributed by atoms with Crippen LogP contribution in [0.2, 0.25) is 5.02 Å². The number of carbonyl (C=O) groups excluding carboxylic acids is 1. The number of aryl methyl sites for hydroxylation is 1. The number of nitrogens with zero attached hydrogens (tertiary/aromatic N) is 1. The summed E-state index contributed by atoms with van der Waals surface area (Å²) in [4.78, 5) is 12.0. The van der Waals surface area contributed by atoms with Crippen molar-refractivity contribution in [1.82, 2.24) is 0 Å². The van der Waals surface area contributed by atoms with Crippen molar-refractivity contribution in [1.29, 1.82) is 0 Å². The van der Waals surface area contributed by atoms with Crippen molar-refractivity contribution in [3.63, 3.8) is 0 Å². The van der Waals surface area contributed by atoms with E-state index in [1.54, 1.807) is 0 Å². The summed E-state index contributed by atoms with van der Waals surface area (Å²) in [6.07, 6.45) is 0. The second-order valence-corrected chi connectivity index (χ2v) is 6.22. The number of rotatable bonds is 4. The molecule has 0 atom stereocenters. The van der Waals surface area contributed by atoms with Crippen molar-refractivity contribution >= 4 is 28.9 Å². The largest absolute Gasteiger partial charge is 0.291 e. The van der Waals surface area contributed by atoms with Gasteiger partial charge in [-0.15, -0.1) is 0 Å². The lowest BCUT2D eigenvalue weighted by Gasteiger charge is -2.23. The molecule has 0 saturated heterocycles. The molecule has 0 aliphatic rings. The Morgan fingerprint density at radius 3 is 2.24 bits per heavy atom. The molecule has 4 heteroatoms. The smallest absolute Gasteiger partial charge is 0.242 e. The Kier molecular flexibility index (Phi) is 5.05. The molecule has 0 spiro atoms. The normalized spacial score (nSPS) is 10.4. The first-order valence-electron chi connectivity index (χ1n) is 8.04. The molecular weight excluding hydrogens is 332 g/mol. The lowest BCUT2D eigenvalue weighted by atomic mass is 10.0. The molecule has 3 aromatic carbocycles. The summed E-state index contributed by atoms with van der Waals surface area (Å²) in [5.74, 6) is -0.106. The third-order valence-corrected chi connectivity index (χ3v) is 4.29. The van der Waals surface area contributed by atoms with Gasteiger partial charge in [-0.1, -0.05) is 60.1 Å². The van der Waals surface area contributed by atoms with Crippen LogP contribution in [0.3, 0.4) is 0 Å². The fraction of sp³-hybridized carbons (Fsp3) is 0.0952. The van der Waals surface area contributed by atoms with Gasteiger partial charge in [0.05, 0.1) is 16.4 Å². The van der Waals surface area contributed by atoms with E-state index in [9.17, 15) is 4.79 Å². The van der Waals surface area contributed by atoms with Crippen molar-refractivity contribution < 1.29 is 4.79 Å². The highest BCUT2D eigenvalue weighted by atomic mass is 35.5. The summed E-state index contributed by atoms with van der Waals surface area (Å²) in [7, 11) is 0. The molecule has 0 radical (unpaired) electrons. The van der Waals surface area contributed by atoms with Gasteiger partial charge in [0.15, 0.2) is 0 Å². The minimum absolute atomic E-state index is 0.106. The zero-order chi connectivity index (χ0) is 17.8. The molecule has 0 bridgehead atoms. The first kappa shape index (κ1) is 17.1. The highest BCUT2D eigenvalue weighted by Gasteiger charge is 2.13. The summed E-state index contributed by atoms with van der Waals surface area (Å²) in [5, 5.41) is 2.13. The molecule has 0 unspecified atom stereocenters. The molecule has 0 saturated carbocycles. The summed E-state index contributed by atoms with van der Waals surface area (Å²) in [6.45, 7) is 3.58. The number of nitrogens with one attached hydrogen (secondary N) is 1. The number of hydrazine groups is 1. The minimum atomic E-state index is -0.106. The third kappa shape index (κ3) is 3.83. The van der Waals surface area contributed by atoms with Crippen molar-refractivity contribution in [3.05, 3.63) is 83.4 Å². The molecule has 0 aliphatic heterocycles. The quantitative estimate of drug-likeness (QED) is 0.612. The number of benzene rings is 3. The van der Waals surface area contributed by atoms with Crippen LogP contribution in [-0.2, 0) is 4.79 Å². The van der Waals surface area contributed by atoms with E-state index >= 15 is 0 Å². The molecule has 1 amide bonds. The standard InChI is InChI=1S/C21H19ClN2O/c1-15-8-6-7-11-19(15)20-13-12-17(14-21(20)22)23-24(16(2)25)18-9-4-3-5-10-18/h3-14,23H,1-2H3. The maximum atomic E-state index is 12.0. The minimum Gasteiger partial charge on any atom is -0.291 e. The molecule has 0 heterocycles. The van der Waals surface area contributed by atoms with Crippen molar-refractivity contribution in [2.45, 2.75) is 13.8 Å². The molecule has 0 aromatic heterocycles. The number of anilines is 2. The van der Waals surface area contributed by atoms with Gasteiger partial charge < -0.3 is 0 Å². The lowest BCUT2D eigenvalue weighted by Crippen LogP contribution is -2.34. The van der Waals surface area contributed by atoms with Gasteiger partial charge >= 0.3 is 0 Å². The van der Waals surface area contributed by atoms with Crippen LogP contribution in [0.5, 0.6) is 0 Å². The number of hydrogen-bond acceptors (Lipinski definition) is 2. The Bertz CT molecular complexity index is 893. The third-order valence-electron chi connectivity index (χ3n) is 3.97. The number of amides is 1. The highest BCUT2D eigenvalue weighted by molar-refractivity contribution is 6.33. The summed E-state index contributed by atoms with van der Waals surface area (Å²) in [5.41, 5.74) is 7.89. The van der Waals surface area contributed by atoms with Crippen molar-refractivity contribution in [2.24, 2.45) is 0 Å². The topological polar surface area (TPSA) is 32.3 Å². The first-order valence-corrected chi connectivity index (χ1v) is 8.42. The maximum Gasteiger partial charge on any atom is 0.242 e. The molecule has 0 aliphatic carbocycles. The molecule has 126 valence electrons. The first-order chi connectivity index (χ1) is 12.1. The van der Waals surface area contributed by atoms with Crippen LogP contribution in [-0.4, -0.2) is 5.91 Å². The molecule has 3 aromatic rings. The van der Waals surface area contributed by atoms with E-state index in [4.69, 9.17) is 11.6 Å². The number of para-hydroxylation sites is 1. The van der Waals surface area contributed by atoms with Gasteiger partial charge in [-0.25, -0.2) is 5.01 Å². The Morgan fingerprint density at radius 1 is 0.920 bits per heavy atom. The predicted molar refractivity (Wildman–Crippen MR) is 105 cm³/mol. The highest BCUT2D eigenvalue weighted by Crippen LogP contribution is 2.32. The molecule has 3 nitrogen and oxygen atoms in total. The fourth-order valence-electron chi connectivity index (χ4n) is 2.71. The Balaban J connectivity index is 1.90.